The van der Waals surface area contributed by atoms with Crippen LogP contribution in [-0.4, -0.2) is 18.3 Å². The van der Waals surface area contributed by atoms with Gasteiger partial charge in [0.2, 0.25) is 0 Å². The second-order valence-corrected chi connectivity index (χ2v) is 7.13. The second-order valence-electron chi connectivity index (χ2n) is 5.98. The van der Waals surface area contributed by atoms with Crippen molar-refractivity contribution in [2.45, 2.75) is 58.7 Å². The van der Waals surface area contributed by atoms with Crippen LogP contribution in [0.25, 0.3) is 0 Å². The molecule has 1 aromatic heterocycles. The highest BCUT2D eigenvalue weighted by Gasteiger charge is 2.52. The average Bonchev–Trinajstić information content (AvgIpc) is 2.70. The molecule has 0 aliphatic carbocycles. The third kappa shape index (κ3) is 2.31. The summed E-state index contributed by atoms with van der Waals surface area (Å²) in [6.07, 6.45) is 0. The predicted octanol–water partition coefficient (Wildman–Crippen LogP) is 3.17. The Bertz CT molecular complexity index is 393. The van der Waals surface area contributed by atoms with Crippen LogP contribution in [0.3, 0.4) is 0 Å². The lowest BCUT2D eigenvalue weighted by Gasteiger charge is -2.32. The first kappa shape index (κ1) is 13.1. The van der Waals surface area contributed by atoms with Gasteiger partial charge in [0, 0.05) is 9.65 Å². The van der Waals surface area contributed by atoms with Crippen LogP contribution in [0.15, 0.2) is 12.1 Å². The molecule has 0 aromatic carbocycles. The van der Waals surface area contributed by atoms with E-state index in [4.69, 9.17) is 9.31 Å². The summed E-state index contributed by atoms with van der Waals surface area (Å²) in [5.41, 5.74) is -0.501. The van der Waals surface area contributed by atoms with Crippen molar-refractivity contribution in [1.29, 1.82) is 0 Å². The first-order valence-corrected chi connectivity index (χ1v) is 7.00. The van der Waals surface area contributed by atoms with Crippen molar-refractivity contribution < 1.29 is 9.31 Å². The van der Waals surface area contributed by atoms with Gasteiger partial charge in [-0.2, -0.15) is 0 Å². The van der Waals surface area contributed by atoms with Gasteiger partial charge in [-0.3, -0.25) is 0 Å². The van der Waals surface area contributed by atoms with E-state index in [0.717, 1.165) is 0 Å². The zero-order valence-electron chi connectivity index (χ0n) is 11.5. The zero-order chi connectivity index (χ0) is 12.8. The van der Waals surface area contributed by atoms with Gasteiger partial charge in [0.25, 0.3) is 0 Å². The first-order chi connectivity index (χ1) is 7.73. The zero-order valence-corrected chi connectivity index (χ0v) is 12.4. The third-order valence-corrected chi connectivity index (χ3v) is 5.11. The molecule has 17 heavy (non-hydrogen) atoms. The number of hydrogen-bond acceptors (Lipinski definition) is 3. The normalized spacial score (nSPS) is 22.4. The Hall–Kier alpha value is -0.315. The van der Waals surface area contributed by atoms with E-state index in [1.807, 2.05) is 0 Å². The van der Waals surface area contributed by atoms with Gasteiger partial charge in [-0.1, -0.05) is 19.9 Å². The van der Waals surface area contributed by atoms with Crippen LogP contribution in [0.4, 0.5) is 0 Å². The smallest absolute Gasteiger partial charge is 0.399 e. The van der Waals surface area contributed by atoms with Crippen molar-refractivity contribution in [2.75, 3.05) is 0 Å². The minimum absolute atomic E-state index is 0.211. The SMILES string of the molecule is CC(C)c1ccc(B2OC(C)(C)C(C)(C)O2)s1. The summed E-state index contributed by atoms with van der Waals surface area (Å²) in [6.45, 7) is 12.8. The van der Waals surface area contributed by atoms with Crippen LogP contribution in [0, 0.1) is 0 Å². The lowest BCUT2D eigenvalue weighted by molar-refractivity contribution is 0.00578. The molecule has 0 N–H and O–H groups in total. The maximum absolute atomic E-state index is 6.03. The van der Waals surface area contributed by atoms with Crippen LogP contribution in [-0.2, 0) is 9.31 Å². The van der Waals surface area contributed by atoms with E-state index in [9.17, 15) is 0 Å². The largest absolute Gasteiger partial charge is 0.505 e. The van der Waals surface area contributed by atoms with E-state index in [0.29, 0.717) is 5.92 Å². The standard InChI is InChI=1S/C13H21BO2S/c1-9(2)10-7-8-11(17-10)14-15-12(3,4)13(5,6)16-14/h7-9H,1-6H3. The van der Waals surface area contributed by atoms with Crippen molar-refractivity contribution in [3.63, 3.8) is 0 Å². The molecule has 0 saturated carbocycles. The lowest BCUT2D eigenvalue weighted by Crippen LogP contribution is -2.41. The maximum atomic E-state index is 6.03. The van der Waals surface area contributed by atoms with Crippen molar-refractivity contribution in [1.82, 2.24) is 0 Å². The molecule has 2 heterocycles. The Morgan fingerprint density at radius 3 is 2.00 bits per heavy atom. The highest BCUT2D eigenvalue weighted by molar-refractivity contribution is 7.22. The van der Waals surface area contributed by atoms with Crippen LogP contribution < -0.4 is 4.78 Å². The highest BCUT2D eigenvalue weighted by atomic mass is 32.1. The van der Waals surface area contributed by atoms with Crippen molar-refractivity contribution in [3.05, 3.63) is 17.0 Å². The second kappa shape index (κ2) is 4.11. The average molecular weight is 252 g/mol. The van der Waals surface area contributed by atoms with E-state index < -0.39 is 0 Å². The van der Waals surface area contributed by atoms with Gasteiger partial charge in [0.1, 0.15) is 0 Å². The fraction of sp³-hybridized carbons (Fsp3) is 0.692. The molecule has 1 aliphatic rings. The van der Waals surface area contributed by atoms with Gasteiger partial charge >= 0.3 is 7.12 Å². The quantitative estimate of drug-likeness (QED) is 0.753. The molecule has 1 fully saturated rings. The molecule has 1 aromatic rings. The molecular formula is C13H21BO2S. The summed E-state index contributed by atoms with van der Waals surface area (Å²) in [5.74, 6) is 0.566. The summed E-state index contributed by atoms with van der Waals surface area (Å²) in [7, 11) is -0.211. The number of rotatable bonds is 2. The molecule has 0 bridgehead atoms. The molecule has 94 valence electrons. The molecule has 4 heteroatoms. The Morgan fingerprint density at radius 1 is 1.06 bits per heavy atom. The van der Waals surface area contributed by atoms with Gasteiger partial charge in [0.05, 0.1) is 11.2 Å². The van der Waals surface area contributed by atoms with Crippen molar-refractivity contribution in [3.8, 4) is 0 Å². The lowest BCUT2D eigenvalue weighted by atomic mass is 9.88. The minimum Gasteiger partial charge on any atom is -0.399 e. The summed E-state index contributed by atoms with van der Waals surface area (Å²) in [5, 5.41) is 0. The highest BCUT2D eigenvalue weighted by Crippen LogP contribution is 2.37. The van der Waals surface area contributed by atoms with Gasteiger partial charge in [-0.05, 0) is 39.7 Å². The molecule has 0 amide bonds. The molecule has 1 saturated heterocycles. The van der Waals surface area contributed by atoms with Crippen LogP contribution in [0.5, 0.6) is 0 Å². The van der Waals surface area contributed by atoms with Crippen LogP contribution >= 0.6 is 11.3 Å². The topological polar surface area (TPSA) is 18.5 Å². The van der Waals surface area contributed by atoms with Crippen LogP contribution in [0.1, 0.15) is 52.3 Å². The third-order valence-electron chi connectivity index (χ3n) is 3.70. The summed E-state index contributed by atoms with van der Waals surface area (Å²) >= 11 is 1.79. The fourth-order valence-electron chi connectivity index (χ4n) is 1.76. The molecule has 0 radical (unpaired) electrons. The summed E-state index contributed by atoms with van der Waals surface area (Å²) < 4.78 is 13.2. The van der Waals surface area contributed by atoms with Gasteiger partial charge < -0.3 is 9.31 Å². The Balaban J connectivity index is 2.20. The van der Waals surface area contributed by atoms with Crippen molar-refractivity contribution in [2.24, 2.45) is 0 Å². The fourth-order valence-corrected chi connectivity index (χ4v) is 2.74. The van der Waals surface area contributed by atoms with Gasteiger partial charge in [0.15, 0.2) is 0 Å². The Labute approximate surface area is 108 Å². The van der Waals surface area contributed by atoms with Gasteiger partial charge in [-0.25, -0.2) is 0 Å². The van der Waals surface area contributed by atoms with E-state index in [-0.39, 0.29) is 18.3 Å². The first-order valence-electron chi connectivity index (χ1n) is 6.18. The summed E-state index contributed by atoms with van der Waals surface area (Å²) in [6, 6.07) is 4.30. The maximum Gasteiger partial charge on any atom is 0.505 e. The van der Waals surface area contributed by atoms with Gasteiger partial charge in [-0.15, -0.1) is 11.3 Å². The van der Waals surface area contributed by atoms with Crippen molar-refractivity contribution >= 4 is 23.2 Å². The van der Waals surface area contributed by atoms with E-state index >= 15 is 0 Å². The predicted molar refractivity (Wildman–Crippen MR) is 74.1 cm³/mol. The molecule has 2 rings (SSSR count). The number of hydrogen-bond donors (Lipinski definition) is 0. The molecule has 0 unspecified atom stereocenters. The Kier molecular flexibility index (Phi) is 3.17. The molecular weight excluding hydrogens is 231 g/mol. The molecule has 1 aliphatic heterocycles. The molecule has 0 spiro atoms. The molecule has 2 nitrogen and oxygen atoms in total. The van der Waals surface area contributed by atoms with Crippen LogP contribution in [0.2, 0.25) is 0 Å². The van der Waals surface area contributed by atoms with E-state index in [2.05, 4.69) is 53.7 Å². The minimum atomic E-state index is -0.250. The number of thiophene rings is 1. The van der Waals surface area contributed by atoms with E-state index in [1.165, 1.54) is 9.65 Å². The van der Waals surface area contributed by atoms with E-state index in [1.54, 1.807) is 11.3 Å². The monoisotopic (exact) mass is 252 g/mol. The molecule has 0 atom stereocenters. The summed E-state index contributed by atoms with van der Waals surface area (Å²) in [4.78, 5) is 1.38. The Morgan fingerprint density at radius 2 is 1.59 bits per heavy atom.